The van der Waals surface area contributed by atoms with Gasteiger partial charge in [0, 0.05) is 43.1 Å². The number of rotatable bonds is 4. The van der Waals surface area contributed by atoms with Gasteiger partial charge in [-0.05, 0) is 56.0 Å². The smallest absolute Gasteiger partial charge is 0.246 e. The predicted molar refractivity (Wildman–Crippen MR) is 115 cm³/mol. The summed E-state index contributed by atoms with van der Waals surface area (Å²) >= 11 is 0. The van der Waals surface area contributed by atoms with E-state index in [9.17, 15) is 8.78 Å². The highest BCUT2D eigenvalue weighted by molar-refractivity contribution is 5.66. The van der Waals surface area contributed by atoms with Gasteiger partial charge >= 0.3 is 0 Å². The summed E-state index contributed by atoms with van der Waals surface area (Å²) in [4.78, 5) is 6.67. The number of aromatic nitrogens is 3. The molecule has 2 saturated heterocycles. The molecule has 0 radical (unpaired) electrons. The van der Waals surface area contributed by atoms with E-state index in [1.807, 2.05) is 6.92 Å². The highest BCUT2D eigenvalue weighted by atomic mass is 19.1. The first-order chi connectivity index (χ1) is 15.0. The number of anilines is 3. The summed E-state index contributed by atoms with van der Waals surface area (Å²) in [6, 6.07) is 9.60. The molecule has 0 aliphatic carbocycles. The second-order valence-electron chi connectivity index (χ2n) is 8.31. The van der Waals surface area contributed by atoms with Gasteiger partial charge in [-0.2, -0.15) is 4.98 Å². The summed E-state index contributed by atoms with van der Waals surface area (Å²) in [5.41, 5.74) is 3.40. The molecule has 1 N–H and O–H groups in total. The van der Waals surface area contributed by atoms with Crippen molar-refractivity contribution in [1.82, 2.24) is 14.8 Å². The third-order valence-corrected chi connectivity index (χ3v) is 6.15. The molecule has 1 aromatic heterocycles. The van der Waals surface area contributed by atoms with Crippen LogP contribution in [0.2, 0.25) is 0 Å². The molecule has 162 valence electrons. The highest BCUT2D eigenvalue weighted by Crippen LogP contribution is 2.33. The lowest BCUT2D eigenvalue weighted by atomic mass is 9.88. The summed E-state index contributed by atoms with van der Waals surface area (Å²) in [5, 5.41) is 7.57. The van der Waals surface area contributed by atoms with Crippen LogP contribution in [0.5, 0.6) is 0 Å². The van der Waals surface area contributed by atoms with Crippen molar-refractivity contribution in [3.63, 3.8) is 0 Å². The maximum absolute atomic E-state index is 13.5. The van der Waals surface area contributed by atoms with E-state index < -0.39 is 11.6 Å². The van der Waals surface area contributed by atoms with Crippen LogP contribution < -0.4 is 10.2 Å². The van der Waals surface area contributed by atoms with Gasteiger partial charge in [-0.25, -0.2) is 13.5 Å². The number of nitrogens with zero attached hydrogens (tertiary/aromatic N) is 4. The first kappa shape index (κ1) is 19.9. The highest BCUT2D eigenvalue weighted by Gasteiger charge is 2.32. The van der Waals surface area contributed by atoms with Crippen LogP contribution in [-0.2, 0) is 4.74 Å². The van der Waals surface area contributed by atoms with Crippen LogP contribution in [0.1, 0.15) is 24.8 Å². The fourth-order valence-electron chi connectivity index (χ4n) is 4.50. The molecule has 0 saturated carbocycles. The van der Waals surface area contributed by atoms with E-state index in [0.717, 1.165) is 55.5 Å². The monoisotopic (exact) mass is 425 g/mol. The van der Waals surface area contributed by atoms with Crippen LogP contribution in [-0.4, -0.2) is 40.6 Å². The second-order valence-corrected chi connectivity index (χ2v) is 8.31. The van der Waals surface area contributed by atoms with E-state index in [2.05, 4.69) is 38.5 Å². The molecule has 0 bridgehead atoms. The van der Waals surface area contributed by atoms with E-state index in [1.165, 1.54) is 29.6 Å². The van der Waals surface area contributed by atoms with E-state index in [-0.39, 0.29) is 5.69 Å². The fraction of sp³-hybridized carbons (Fsp3) is 0.391. The van der Waals surface area contributed by atoms with Crippen LogP contribution in [0.3, 0.4) is 0 Å². The first-order valence-corrected chi connectivity index (χ1v) is 10.7. The van der Waals surface area contributed by atoms with Gasteiger partial charge in [0.05, 0.1) is 11.8 Å². The van der Waals surface area contributed by atoms with Crippen molar-refractivity contribution >= 4 is 17.3 Å². The third-order valence-electron chi connectivity index (χ3n) is 6.15. The number of halogens is 2. The Morgan fingerprint density at radius 1 is 1.06 bits per heavy atom. The number of nitrogens with one attached hydrogen (secondary N) is 1. The summed E-state index contributed by atoms with van der Waals surface area (Å²) in [6.45, 7) is 4.89. The molecule has 0 spiro atoms. The number of ether oxygens (including phenoxy) is 1. The normalized spacial score (nSPS) is 21.1. The van der Waals surface area contributed by atoms with Crippen molar-refractivity contribution in [3.05, 3.63) is 59.9 Å². The average molecular weight is 425 g/mol. The Kier molecular flexibility index (Phi) is 5.31. The molecular weight excluding hydrogens is 400 g/mol. The SMILES string of the molecule is Cc1ccc(N2CCC3OCCCC3C2)cc1Nc1ncn(-c2cc(F)cc(F)c2)n1. The van der Waals surface area contributed by atoms with Gasteiger partial charge in [0.15, 0.2) is 0 Å². The Morgan fingerprint density at radius 3 is 2.74 bits per heavy atom. The van der Waals surface area contributed by atoms with Crippen LogP contribution in [0.25, 0.3) is 5.69 Å². The number of fused-ring (bicyclic) bond motifs is 1. The largest absolute Gasteiger partial charge is 0.378 e. The number of hydrogen-bond donors (Lipinski definition) is 1. The van der Waals surface area contributed by atoms with E-state index in [1.54, 1.807) is 0 Å². The fourth-order valence-corrected chi connectivity index (χ4v) is 4.50. The van der Waals surface area contributed by atoms with E-state index in [4.69, 9.17) is 4.74 Å². The number of aryl methyl sites for hydroxylation is 1. The minimum absolute atomic E-state index is 0.279. The third kappa shape index (κ3) is 4.25. The zero-order valence-electron chi connectivity index (χ0n) is 17.4. The molecule has 2 aromatic carbocycles. The van der Waals surface area contributed by atoms with Crippen molar-refractivity contribution in [2.75, 3.05) is 29.9 Å². The van der Waals surface area contributed by atoms with Gasteiger partial charge in [-0.15, -0.1) is 5.10 Å². The molecule has 31 heavy (non-hydrogen) atoms. The molecule has 2 aliphatic rings. The summed E-state index contributed by atoms with van der Waals surface area (Å²) in [7, 11) is 0. The lowest BCUT2D eigenvalue weighted by Crippen LogP contribution is -2.46. The molecule has 2 atom stereocenters. The molecule has 3 heterocycles. The molecule has 3 aromatic rings. The van der Waals surface area contributed by atoms with Crippen molar-refractivity contribution in [2.24, 2.45) is 5.92 Å². The Bertz CT molecular complexity index is 1070. The zero-order chi connectivity index (χ0) is 21.4. The van der Waals surface area contributed by atoms with Crippen LogP contribution in [0, 0.1) is 24.5 Å². The number of piperidine rings is 1. The summed E-state index contributed by atoms with van der Waals surface area (Å²) in [5.74, 6) is -0.361. The average Bonchev–Trinajstić information content (AvgIpc) is 3.23. The van der Waals surface area contributed by atoms with Gasteiger partial charge in [0.1, 0.15) is 18.0 Å². The minimum atomic E-state index is -0.657. The summed E-state index contributed by atoms with van der Waals surface area (Å²) < 4.78 is 34.3. The standard InChI is InChI=1S/C23H25F2N5O/c1-15-4-5-19(29-7-6-22-16(13-29)3-2-8-31-22)12-21(15)27-23-26-14-30(28-23)20-10-17(24)9-18(25)11-20/h4-5,9-12,14,16,22H,2-3,6-8,13H2,1H3,(H,27,28). The molecular formula is C23H25F2N5O. The predicted octanol–water partition coefficient (Wildman–Crippen LogP) is 4.60. The number of benzene rings is 2. The maximum atomic E-state index is 13.5. The second kappa shape index (κ2) is 8.26. The molecule has 2 aliphatic heterocycles. The van der Waals surface area contributed by atoms with Crippen LogP contribution in [0.15, 0.2) is 42.7 Å². The maximum Gasteiger partial charge on any atom is 0.246 e. The molecule has 6 nitrogen and oxygen atoms in total. The lowest BCUT2D eigenvalue weighted by Gasteiger charge is -2.42. The zero-order valence-corrected chi connectivity index (χ0v) is 17.4. The van der Waals surface area contributed by atoms with Crippen molar-refractivity contribution in [2.45, 2.75) is 32.3 Å². The lowest BCUT2D eigenvalue weighted by molar-refractivity contribution is -0.0357. The summed E-state index contributed by atoms with van der Waals surface area (Å²) in [6.07, 6.45) is 5.24. The van der Waals surface area contributed by atoms with E-state index in [0.29, 0.717) is 18.0 Å². The molecule has 2 unspecified atom stereocenters. The van der Waals surface area contributed by atoms with Gasteiger partial charge < -0.3 is 15.0 Å². The van der Waals surface area contributed by atoms with Crippen LogP contribution in [0.4, 0.5) is 26.1 Å². The molecule has 0 amide bonds. The Hall–Kier alpha value is -3.00. The van der Waals surface area contributed by atoms with Crippen molar-refractivity contribution in [3.8, 4) is 5.69 Å². The number of hydrogen-bond acceptors (Lipinski definition) is 5. The van der Waals surface area contributed by atoms with Crippen LogP contribution >= 0.6 is 0 Å². The quantitative estimate of drug-likeness (QED) is 0.662. The van der Waals surface area contributed by atoms with E-state index >= 15 is 0 Å². The van der Waals surface area contributed by atoms with Gasteiger partial charge in [-0.3, -0.25) is 0 Å². The van der Waals surface area contributed by atoms with Crippen molar-refractivity contribution < 1.29 is 13.5 Å². The minimum Gasteiger partial charge on any atom is -0.378 e. The molecule has 8 heteroatoms. The Morgan fingerprint density at radius 2 is 1.90 bits per heavy atom. The Balaban J connectivity index is 1.34. The van der Waals surface area contributed by atoms with Gasteiger partial charge in [0.25, 0.3) is 0 Å². The molecule has 2 fully saturated rings. The Labute approximate surface area is 179 Å². The van der Waals surface area contributed by atoms with Crippen molar-refractivity contribution in [1.29, 1.82) is 0 Å². The first-order valence-electron chi connectivity index (χ1n) is 10.7. The topological polar surface area (TPSA) is 55.2 Å². The van der Waals surface area contributed by atoms with Gasteiger partial charge in [0.2, 0.25) is 5.95 Å². The molecule has 5 rings (SSSR count). The van der Waals surface area contributed by atoms with Gasteiger partial charge in [-0.1, -0.05) is 6.07 Å².